The molecule has 0 unspecified atom stereocenters. The Balaban J connectivity index is 2.62. The molecule has 3 amide bonds. The third kappa shape index (κ3) is 6.39. The fraction of sp³-hybridized carbons (Fsp3) is 0.800. The summed E-state index contributed by atoms with van der Waals surface area (Å²) in [6.07, 6.45) is -3.34. The van der Waals surface area contributed by atoms with E-state index < -0.39 is 31.2 Å². The minimum Gasteiger partial charge on any atom is -0.351 e. The van der Waals surface area contributed by atoms with Gasteiger partial charge in [-0.05, 0) is 25.9 Å². The van der Waals surface area contributed by atoms with Crippen LogP contribution in [-0.2, 0) is 4.79 Å². The number of alkyl halides is 3. The van der Waals surface area contributed by atoms with Crippen molar-refractivity contribution in [2.45, 2.75) is 25.1 Å². The number of rotatable bonds is 4. The zero-order valence-corrected chi connectivity index (χ0v) is 10.3. The third-order valence-electron chi connectivity index (χ3n) is 2.82. The highest BCUT2D eigenvalue weighted by Crippen LogP contribution is 2.20. The molecule has 0 aromatic heterocycles. The van der Waals surface area contributed by atoms with Crippen LogP contribution in [0.3, 0.4) is 0 Å². The van der Waals surface area contributed by atoms with Gasteiger partial charge in [-0.15, -0.1) is 0 Å². The van der Waals surface area contributed by atoms with Crippen molar-refractivity contribution >= 4 is 11.9 Å². The van der Waals surface area contributed by atoms with E-state index in [-0.39, 0.29) is 6.04 Å². The SMILES string of the molecule is NC(=O)NC(=O)CN(CC(F)(F)F)C1CCNCC1. The number of carbonyl (C=O) groups excluding carboxylic acids is 2. The number of primary amides is 1. The van der Waals surface area contributed by atoms with Crippen molar-refractivity contribution in [3.05, 3.63) is 0 Å². The maximum absolute atomic E-state index is 12.5. The minimum absolute atomic E-state index is 0.332. The quantitative estimate of drug-likeness (QED) is 0.666. The number of amides is 3. The van der Waals surface area contributed by atoms with E-state index in [9.17, 15) is 22.8 Å². The van der Waals surface area contributed by atoms with Crippen molar-refractivity contribution in [1.29, 1.82) is 0 Å². The van der Waals surface area contributed by atoms with Crippen molar-refractivity contribution in [3.8, 4) is 0 Å². The van der Waals surface area contributed by atoms with Gasteiger partial charge in [0.1, 0.15) is 0 Å². The van der Waals surface area contributed by atoms with Crippen LogP contribution in [0.15, 0.2) is 0 Å². The summed E-state index contributed by atoms with van der Waals surface area (Å²) < 4.78 is 37.5. The number of nitrogens with one attached hydrogen (secondary N) is 2. The molecule has 4 N–H and O–H groups in total. The van der Waals surface area contributed by atoms with Crippen molar-refractivity contribution in [3.63, 3.8) is 0 Å². The van der Waals surface area contributed by atoms with Crippen LogP contribution < -0.4 is 16.4 Å². The van der Waals surface area contributed by atoms with Crippen molar-refractivity contribution < 1.29 is 22.8 Å². The first-order valence-electron chi connectivity index (χ1n) is 5.89. The number of nitrogens with two attached hydrogens (primary N) is 1. The summed E-state index contributed by atoms with van der Waals surface area (Å²) in [6, 6.07) is -1.40. The van der Waals surface area contributed by atoms with Gasteiger partial charge < -0.3 is 11.1 Å². The second-order valence-electron chi connectivity index (χ2n) is 4.41. The number of imide groups is 1. The molecular weight excluding hydrogens is 265 g/mol. The summed E-state index contributed by atoms with van der Waals surface area (Å²) in [6.45, 7) is -0.454. The molecule has 0 aromatic carbocycles. The highest BCUT2D eigenvalue weighted by atomic mass is 19.4. The average molecular weight is 282 g/mol. The predicted octanol–water partition coefficient (Wildman–Crippen LogP) is -0.202. The number of piperidine rings is 1. The lowest BCUT2D eigenvalue weighted by molar-refractivity contribution is -0.154. The van der Waals surface area contributed by atoms with Gasteiger partial charge in [-0.3, -0.25) is 15.0 Å². The highest BCUT2D eigenvalue weighted by molar-refractivity contribution is 5.94. The number of nitrogens with zero attached hydrogens (tertiary/aromatic N) is 1. The standard InChI is InChI=1S/C10H17F3N4O2/c11-10(12,13)6-17(5-8(18)16-9(14)19)7-1-3-15-4-2-7/h7,15H,1-6H2,(H3,14,16,18,19). The zero-order valence-electron chi connectivity index (χ0n) is 10.3. The Morgan fingerprint density at radius 2 is 1.89 bits per heavy atom. The van der Waals surface area contributed by atoms with Crippen molar-refractivity contribution in [2.75, 3.05) is 26.2 Å². The molecule has 0 bridgehead atoms. The van der Waals surface area contributed by atoms with E-state index in [0.29, 0.717) is 25.9 Å². The lowest BCUT2D eigenvalue weighted by atomic mass is 10.0. The Bertz CT molecular complexity index is 329. The molecule has 0 aromatic rings. The Morgan fingerprint density at radius 1 is 1.32 bits per heavy atom. The Hall–Kier alpha value is -1.35. The van der Waals surface area contributed by atoms with Gasteiger partial charge >= 0.3 is 12.2 Å². The molecule has 1 fully saturated rings. The van der Waals surface area contributed by atoms with Crippen LogP contribution in [0, 0.1) is 0 Å². The summed E-state index contributed by atoms with van der Waals surface area (Å²) in [5.41, 5.74) is 4.75. The fourth-order valence-corrected chi connectivity index (χ4v) is 2.08. The van der Waals surface area contributed by atoms with E-state index in [0.717, 1.165) is 4.90 Å². The molecule has 9 heteroatoms. The molecule has 0 saturated carbocycles. The molecule has 0 atom stereocenters. The first-order chi connectivity index (χ1) is 8.78. The summed E-state index contributed by atoms with van der Waals surface area (Å²) in [4.78, 5) is 22.9. The second kappa shape index (κ2) is 6.71. The summed E-state index contributed by atoms with van der Waals surface area (Å²) in [5, 5.41) is 4.81. The second-order valence-corrected chi connectivity index (χ2v) is 4.41. The number of urea groups is 1. The molecule has 0 radical (unpaired) electrons. The van der Waals surface area contributed by atoms with Gasteiger partial charge in [0, 0.05) is 6.04 Å². The molecule has 1 rings (SSSR count). The summed E-state index contributed by atoms with van der Waals surface area (Å²) >= 11 is 0. The number of hydrogen-bond acceptors (Lipinski definition) is 4. The van der Waals surface area contributed by atoms with Gasteiger partial charge in [0.05, 0.1) is 13.1 Å². The maximum Gasteiger partial charge on any atom is 0.401 e. The van der Waals surface area contributed by atoms with Gasteiger partial charge in [0.25, 0.3) is 0 Å². The lowest BCUT2D eigenvalue weighted by Crippen LogP contribution is -2.51. The predicted molar refractivity (Wildman–Crippen MR) is 61.2 cm³/mol. The van der Waals surface area contributed by atoms with Crippen LogP contribution >= 0.6 is 0 Å². The normalized spacial score (nSPS) is 17.5. The molecule has 0 spiro atoms. The van der Waals surface area contributed by atoms with Crippen LogP contribution in [0.1, 0.15) is 12.8 Å². The largest absolute Gasteiger partial charge is 0.401 e. The van der Waals surface area contributed by atoms with Gasteiger partial charge in [0.2, 0.25) is 5.91 Å². The monoisotopic (exact) mass is 282 g/mol. The van der Waals surface area contributed by atoms with Crippen molar-refractivity contribution in [2.24, 2.45) is 5.73 Å². The van der Waals surface area contributed by atoms with E-state index in [2.05, 4.69) is 5.32 Å². The molecule has 1 saturated heterocycles. The van der Waals surface area contributed by atoms with Crippen molar-refractivity contribution in [1.82, 2.24) is 15.5 Å². The zero-order chi connectivity index (χ0) is 14.5. The van der Waals surface area contributed by atoms with E-state index in [1.807, 2.05) is 0 Å². The molecule has 110 valence electrons. The Kier molecular flexibility index (Phi) is 5.55. The van der Waals surface area contributed by atoms with Crippen LogP contribution in [0.5, 0.6) is 0 Å². The molecule has 1 heterocycles. The smallest absolute Gasteiger partial charge is 0.351 e. The highest BCUT2D eigenvalue weighted by Gasteiger charge is 2.35. The molecule has 0 aliphatic carbocycles. The molecule has 1 aliphatic rings. The number of halogens is 3. The third-order valence-corrected chi connectivity index (χ3v) is 2.82. The molecular formula is C10H17F3N4O2. The lowest BCUT2D eigenvalue weighted by Gasteiger charge is -2.34. The van der Waals surface area contributed by atoms with E-state index in [4.69, 9.17) is 5.73 Å². The molecule has 19 heavy (non-hydrogen) atoms. The van der Waals surface area contributed by atoms with Crippen LogP contribution in [-0.4, -0.2) is 55.2 Å². The first kappa shape index (κ1) is 15.7. The topological polar surface area (TPSA) is 87.5 Å². The maximum atomic E-state index is 12.5. The van der Waals surface area contributed by atoms with Gasteiger partial charge in [0.15, 0.2) is 0 Å². The van der Waals surface area contributed by atoms with Crippen LogP contribution in [0.4, 0.5) is 18.0 Å². The molecule has 1 aliphatic heterocycles. The average Bonchev–Trinajstić information content (AvgIpc) is 2.26. The van der Waals surface area contributed by atoms with E-state index >= 15 is 0 Å². The molecule has 6 nitrogen and oxygen atoms in total. The summed E-state index contributed by atoms with van der Waals surface area (Å²) in [5.74, 6) is -0.824. The Labute approximate surface area is 108 Å². The van der Waals surface area contributed by atoms with Gasteiger partial charge in [-0.1, -0.05) is 0 Å². The van der Waals surface area contributed by atoms with E-state index in [1.54, 1.807) is 5.32 Å². The number of hydrogen-bond donors (Lipinski definition) is 3. The number of carbonyl (C=O) groups is 2. The summed E-state index contributed by atoms with van der Waals surface area (Å²) in [7, 11) is 0. The van der Waals surface area contributed by atoms with E-state index in [1.165, 1.54) is 0 Å². The van der Waals surface area contributed by atoms with Gasteiger partial charge in [-0.2, -0.15) is 13.2 Å². The van der Waals surface area contributed by atoms with Crippen LogP contribution in [0.2, 0.25) is 0 Å². The first-order valence-corrected chi connectivity index (χ1v) is 5.89. The fourth-order valence-electron chi connectivity index (χ4n) is 2.08. The Morgan fingerprint density at radius 3 is 2.37 bits per heavy atom. The minimum atomic E-state index is -4.39. The van der Waals surface area contributed by atoms with Crippen LogP contribution in [0.25, 0.3) is 0 Å². The van der Waals surface area contributed by atoms with Gasteiger partial charge in [-0.25, -0.2) is 4.79 Å².